The summed E-state index contributed by atoms with van der Waals surface area (Å²) in [6, 6.07) is 4.99. The van der Waals surface area contributed by atoms with E-state index in [9.17, 15) is 14.4 Å². The van der Waals surface area contributed by atoms with E-state index < -0.39 is 12.0 Å². The van der Waals surface area contributed by atoms with Crippen molar-refractivity contribution in [1.82, 2.24) is 9.55 Å². The van der Waals surface area contributed by atoms with E-state index in [1.165, 1.54) is 18.0 Å². The van der Waals surface area contributed by atoms with Crippen LogP contribution < -0.4 is 10.9 Å². The monoisotopic (exact) mass is 443 g/mol. The third-order valence-electron chi connectivity index (χ3n) is 5.03. The Balaban J connectivity index is 1.90. The number of carbonyl (C=O) groups excluding carboxylic acids is 2. The van der Waals surface area contributed by atoms with Crippen LogP contribution in [-0.2, 0) is 14.3 Å². The topological polar surface area (TPSA) is 99.5 Å². The van der Waals surface area contributed by atoms with E-state index in [1.54, 1.807) is 13.8 Å². The molecule has 0 spiro atoms. The number of thiophene rings is 1. The van der Waals surface area contributed by atoms with Crippen molar-refractivity contribution in [2.75, 3.05) is 25.6 Å². The zero-order valence-electron chi connectivity index (χ0n) is 18.1. The van der Waals surface area contributed by atoms with Gasteiger partial charge in [0.05, 0.1) is 18.3 Å². The fraction of sp³-hybridized carbons (Fsp3) is 0.364. The van der Waals surface area contributed by atoms with Gasteiger partial charge in [0.25, 0.3) is 5.56 Å². The summed E-state index contributed by atoms with van der Waals surface area (Å²) in [4.78, 5) is 43.4. The average molecular weight is 444 g/mol. The molecule has 1 amide bonds. The van der Waals surface area contributed by atoms with Gasteiger partial charge in [0.15, 0.2) is 0 Å². The predicted molar refractivity (Wildman–Crippen MR) is 120 cm³/mol. The Kier molecular flexibility index (Phi) is 6.87. The normalized spacial score (nSPS) is 12.0. The number of rotatable bonds is 7. The lowest BCUT2D eigenvalue weighted by Crippen LogP contribution is -2.32. The van der Waals surface area contributed by atoms with Gasteiger partial charge >= 0.3 is 5.97 Å². The van der Waals surface area contributed by atoms with E-state index in [2.05, 4.69) is 10.3 Å². The number of aromatic nitrogens is 2. The molecule has 0 saturated carbocycles. The van der Waals surface area contributed by atoms with Crippen molar-refractivity contribution in [3.63, 3.8) is 0 Å². The Hall–Kier alpha value is -3.04. The maximum atomic E-state index is 13.1. The summed E-state index contributed by atoms with van der Waals surface area (Å²) in [6.07, 6.45) is 1.34. The second-order valence-corrected chi connectivity index (χ2v) is 8.30. The van der Waals surface area contributed by atoms with Gasteiger partial charge in [-0.3, -0.25) is 14.2 Å². The lowest BCUT2D eigenvalue weighted by Gasteiger charge is -2.16. The van der Waals surface area contributed by atoms with Crippen LogP contribution in [0.25, 0.3) is 10.2 Å². The molecule has 3 rings (SSSR count). The molecule has 0 saturated heterocycles. The molecule has 0 aliphatic heterocycles. The first-order valence-electron chi connectivity index (χ1n) is 9.79. The Morgan fingerprint density at radius 2 is 1.97 bits per heavy atom. The van der Waals surface area contributed by atoms with Crippen molar-refractivity contribution < 1.29 is 19.1 Å². The summed E-state index contributed by atoms with van der Waals surface area (Å²) in [6.45, 7) is 7.57. The van der Waals surface area contributed by atoms with Crippen molar-refractivity contribution in [3.05, 3.63) is 56.4 Å². The fourth-order valence-electron chi connectivity index (χ4n) is 3.13. The minimum absolute atomic E-state index is 0.121. The fourth-order valence-corrected chi connectivity index (χ4v) is 4.16. The summed E-state index contributed by atoms with van der Waals surface area (Å²) < 4.78 is 11.3. The van der Waals surface area contributed by atoms with Crippen LogP contribution in [0.4, 0.5) is 5.69 Å². The lowest BCUT2D eigenvalue weighted by atomic mass is 10.1. The Bertz CT molecular complexity index is 1200. The number of esters is 1. The predicted octanol–water partition coefficient (Wildman–Crippen LogP) is 3.39. The van der Waals surface area contributed by atoms with Gasteiger partial charge in [0, 0.05) is 12.8 Å². The maximum Gasteiger partial charge on any atom is 0.348 e. The number of nitrogens with zero attached hydrogens (tertiary/aromatic N) is 2. The Morgan fingerprint density at radius 1 is 1.23 bits per heavy atom. The summed E-state index contributed by atoms with van der Waals surface area (Å²) in [5, 5.41) is 3.20. The van der Waals surface area contributed by atoms with Gasteiger partial charge in [-0.25, -0.2) is 9.78 Å². The third-order valence-corrected chi connectivity index (χ3v) is 6.21. The zero-order valence-corrected chi connectivity index (χ0v) is 19.0. The van der Waals surface area contributed by atoms with Crippen molar-refractivity contribution in [2.24, 2.45) is 0 Å². The van der Waals surface area contributed by atoms with Crippen LogP contribution in [0.1, 0.15) is 39.3 Å². The van der Waals surface area contributed by atoms with E-state index in [-0.39, 0.29) is 24.7 Å². The number of carbonyl (C=O) groups is 2. The zero-order chi connectivity index (χ0) is 22.7. The smallest absolute Gasteiger partial charge is 0.348 e. The van der Waals surface area contributed by atoms with Gasteiger partial charge in [0.2, 0.25) is 5.91 Å². The molecule has 164 valence electrons. The molecule has 1 unspecified atom stereocenters. The molecule has 0 radical (unpaired) electrons. The van der Waals surface area contributed by atoms with Crippen LogP contribution in [0, 0.1) is 20.8 Å². The maximum absolute atomic E-state index is 13.1. The number of benzene rings is 1. The van der Waals surface area contributed by atoms with Crippen molar-refractivity contribution in [2.45, 2.75) is 33.7 Å². The van der Waals surface area contributed by atoms with Gasteiger partial charge in [0.1, 0.15) is 22.4 Å². The highest BCUT2D eigenvalue weighted by atomic mass is 32.1. The molecular weight excluding hydrogens is 418 g/mol. The first-order chi connectivity index (χ1) is 14.7. The number of anilines is 1. The summed E-state index contributed by atoms with van der Waals surface area (Å²) >= 11 is 1.10. The van der Waals surface area contributed by atoms with Crippen molar-refractivity contribution in [1.29, 1.82) is 0 Å². The van der Waals surface area contributed by atoms with E-state index in [0.717, 1.165) is 22.5 Å². The number of ether oxygens (including phenoxy) is 2. The number of amides is 1. The minimum atomic E-state index is -0.791. The highest BCUT2D eigenvalue weighted by molar-refractivity contribution is 7.20. The van der Waals surface area contributed by atoms with E-state index in [0.29, 0.717) is 26.3 Å². The number of hydrogen-bond donors (Lipinski definition) is 1. The Labute approximate surface area is 183 Å². The lowest BCUT2D eigenvalue weighted by molar-refractivity contribution is -0.118. The molecule has 0 aliphatic carbocycles. The van der Waals surface area contributed by atoms with Crippen molar-refractivity contribution in [3.8, 4) is 0 Å². The van der Waals surface area contributed by atoms with Gasteiger partial charge in [-0.2, -0.15) is 0 Å². The number of hydrogen-bond acceptors (Lipinski definition) is 7. The summed E-state index contributed by atoms with van der Waals surface area (Å²) in [5.74, 6) is -0.853. The van der Waals surface area contributed by atoms with Gasteiger partial charge in [-0.1, -0.05) is 12.1 Å². The number of aryl methyl sites for hydroxylation is 3. The van der Waals surface area contributed by atoms with Gasteiger partial charge in [-0.15, -0.1) is 11.3 Å². The summed E-state index contributed by atoms with van der Waals surface area (Å²) in [7, 11) is 1.52. The molecule has 0 fully saturated rings. The molecule has 2 aromatic heterocycles. The quantitative estimate of drug-likeness (QED) is 0.444. The average Bonchev–Trinajstić information content (AvgIpc) is 3.08. The van der Waals surface area contributed by atoms with Crippen LogP contribution in [-0.4, -0.2) is 41.8 Å². The van der Waals surface area contributed by atoms with Crippen molar-refractivity contribution >= 4 is 39.1 Å². The molecule has 1 atom stereocenters. The highest BCUT2D eigenvalue weighted by Crippen LogP contribution is 2.28. The molecule has 0 bridgehead atoms. The van der Waals surface area contributed by atoms with E-state index in [1.807, 2.05) is 32.0 Å². The minimum Gasteiger partial charge on any atom is -0.459 e. The molecule has 1 N–H and O–H groups in total. The third kappa shape index (κ3) is 4.67. The first-order valence-corrected chi connectivity index (χ1v) is 10.6. The molecule has 2 heterocycles. The van der Waals surface area contributed by atoms with Crippen LogP contribution in [0.15, 0.2) is 29.3 Å². The number of nitrogens with one attached hydrogen (secondary N) is 1. The SMILES string of the molecule is COCCOC(=O)c1sc2ncn(C(C)C(=O)Nc3cc(C)ccc3C)c(=O)c2c1C. The molecule has 31 heavy (non-hydrogen) atoms. The largest absolute Gasteiger partial charge is 0.459 e. The molecule has 9 heteroatoms. The second-order valence-electron chi connectivity index (χ2n) is 7.31. The van der Waals surface area contributed by atoms with Crippen LogP contribution in [0.5, 0.6) is 0 Å². The second kappa shape index (κ2) is 9.40. The first kappa shape index (κ1) is 22.6. The van der Waals surface area contributed by atoms with Crippen LogP contribution >= 0.6 is 11.3 Å². The Morgan fingerprint density at radius 3 is 2.68 bits per heavy atom. The van der Waals surface area contributed by atoms with Crippen LogP contribution in [0.3, 0.4) is 0 Å². The van der Waals surface area contributed by atoms with Gasteiger partial charge in [-0.05, 0) is 50.5 Å². The van der Waals surface area contributed by atoms with Crippen LogP contribution in [0.2, 0.25) is 0 Å². The molecule has 3 aromatic rings. The van der Waals surface area contributed by atoms with Gasteiger partial charge < -0.3 is 14.8 Å². The van der Waals surface area contributed by atoms with E-state index in [4.69, 9.17) is 9.47 Å². The number of methoxy groups -OCH3 is 1. The molecule has 0 aliphatic rings. The summed E-state index contributed by atoms with van der Waals surface area (Å²) in [5.41, 5.74) is 2.77. The highest BCUT2D eigenvalue weighted by Gasteiger charge is 2.23. The van der Waals surface area contributed by atoms with E-state index >= 15 is 0 Å². The molecule has 1 aromatic carbocycles. The standard InChI is InChI=1S/C22H25N3O5S/c1-12-6-7-13(2)16(10-12)24-19(26)15(4)25-11-23-20-17(21(25)27)14(3)18(31-20)22(28)30-9-8-29-5/h6-7,10-11,15H,8-9H2,1-5H3,(H,24,26). The molecular formula is C22H25N3O5S. The number of fused-ring (bicyclic) bond motifs is 1. The molecule has 8 nitrogen and oxygen atoms in total.